The van der Waals surface area contributed by atoms with Gasteiger partial charge in [0.2, 0.25) is 5.78 Å². The van der Waals surface area contributed by atoms with Gasteiger partial charge in [0.1, 0.15) is 27.9 Å². The maximum Gasteiger partial charge on any atom is 0.407 e. The Morgan fingerprint density at radius 1 is 1.13 bits per heavy atom. The minimum Gasteiger partial charge on any atom is -0.444 e. The first-order valence-electron chi connectivity index (χ1n) is 10.0. The van der Waals surface area contributed by atoms with Crippen molar-refractivity contribution in [1.82, 2.24) is 10.3 Å². The van der Waals surface area contributed by atoms with E-state index in [1.807, 2.05) is 20.8 Å². The number of hydrogen-bond donors (Lipinski definition) is 3. The normalized spacial score (nSPS) is 19.0. The molecule has 0 radical (unpaired) electrons. The lowest BCUT2D eigenvalue weighted by Gasteiger charge is -2.30. The summed E-state index contributed by atoms with van der Waals surface area (Å²) in [7, 11) is 0. The summed E-state index contributed by atoms with van der Waals surface area (Å²) in [5.74, 6) is -2.78. The number of aromatic nitrogens is 1. The summed E-state index contributed by atoms with van der Waals surface area (Å²) in [6.45, 7) is 5.44. The lowest BCUT2D eigenvalue weighted by Crippen LogP contribution is -2.42. The number of nitrogens with one attached hydrogen (secondary N) is 2. The lowest BCUT2D eigenvalue weighted by molar-refractivity contribution is 0.0492. The zero-order valence-electron chi connectivity index (χ0n) is 17.6. The van der Waals surface area contributed by atoms with Gasteiger partial charge >= 0.3 is 6.09 Å². The second-order valence-corrected chi connectivity index (χ2v) is 9.50. The maximum absolute atomic E-state index is 13.9. The Morgan fingerprint density at radius 2 is 1.71 bits per heavy atom. The van der Waals surface area contributed by atoms with Crippen molar-refractivity contribution in [3.63, 3.8) is 0 Å². The molecular weight excluding hydrogens is 426 g/mol. The number of anilines is 2. The molecule has 1 aliphatic rings. The number of rotatable bonds is 5. The Morgan fingerprint density at radius 3 is 2.29 bits per heavy atom. The van der Waals surface area contributed by atoms with E-state index >= 15 is 0 Å². The molecule has 7 nitrogen and oxygen atoms in total. The Balaban J connectivity index is 1.58. The van der Waals surface area contributed by atoms with Crippen LogP contribution in [-0.2, 0) is 4.74 Å². The van der Waals surface area contributed by atoms with E-state index in [4.69, 9.17) is 10.5 Å². The fourth-order valence-corrected chi connectivity index (χ4v) is 4.32. The van der Waals surface area contributed by atoms with Crippen LogP contribution >= 0.6 is 11.3 Å². The summed E-state index contributed by atoms with van der Waals surface area (Å²) in [6.07, 6.45) is 2.62. The van der Waals surface area contributed by atoms with E-state index < -0.39 is 34.7 Å². The van der Waals surface area contributed by atoms with E-state index in [-0.39, 0.29) is 22.8 Å². The molecule has 1 aliphatic carbocycles. The molecule has 1 fully saturated rings. The first kappa shape index (κ1) is 22.9. The summed E-state index contributed by atoms with van der Waals surface area (Å²) in [5.41, 5.74) is 4.66. The van der Waals surface area contributed by atoms with Gasteiger partial charge in [0.25, 0.3) is 0 Å². The lowest BCUT2D eigenvalue weighted by atomic mass is 9.91. The molecule has 0 unspecified atom stereocenters. The average Bonchev–Trinajstić information content (AvgIpc) is 3.01. The van der Waals surface area contributed by atoms with Gasteiger partial charge in [0, 0.05) is 12.1 Å². The first-order valence-corrected chi connectivity index (χ1v) is 10.9. The third-order valence-electron chi connectivity index (χ3n) is 4.83. The summed E-state index contributed by atoms with van der Waals surface area (Å²) >= 11 is 0.971. The second kappa shape index (κ2) is 9.17. The third-order valence-corrected chi connectivity index (χ3v) is 5.83. The zero-order valence-corrected chi connectivity index (χ0v) is 18.4. The predicted octanol–water partition coefficient (Wildman–Crippen LogP) is 4.48. The molecule has 0 spiro atoms. The number of halogens is 2. The summed E-state index contributed by atoms with van der Waals surface area (Å²) in [4.78, 5) is 28.6. The SMILES string of the molecule is CC(C)(C)OC(=O)NC1CCC(Nc2nc(N)c(C(=O)c3c(F)cccc3F)s2)CC1. The highest BCUT2D eigenvalue weighted by Crippen LogP contribution is 2.31. The summed E-state index contributed by atoms with van der Waals surface area (Å²) in [6, 6.07) is 3.34. The van der Waals surface area contributed by atoms with Crippen LogP contribution in [0.15, 0.2) is 18.2 Å². The molecule has 0 aliphatic heterocycles. The van der Waals surface area contributed by atoms with Crippen LogP contribution in [0.3, 0.4) is 0 Å². The van der Waals surface area contributed by atoms with Crippen molar-refractivity contribution in [2.24, 2.45) is 0 Å². The van der Waals surface area contributed by atoms with Crippen molar-refractivity contribution in [3.8, 4) is 0 Å². The van der Waals surface area contributed by atoms with Crippen LogP contribution in [0.25, 0.3) is 0 Å². The van der Waals surface area contributed by atoms with E-state index in [2.05, 4.69) is 15.6 Å². The van der Waals surface area contributed by atoms with Gasteiger partial charge in [-0.25, -0.2) is 18.6 Å². The van der Waals surface area contributed by atoms with Gasteiger partial charge in [-0.1, -0.05) is 17.4 Å². The molecule has 1 heterocycles. The zero-order chi connectivity index (χ0) is 22.8. The summed E-state index contributed by atoms with van der Waals surface area (Å²) < 4.78 is 33.2. The molecule has 2 aromatic rings. The number of hydrogen-bond acceptors (Lipinski definition) is 7. The number of ether oxygens (including phenoxy) is 1. The van der Waals surface area contributed by atoms with Crippen molar-refractivity contribution >= 4 is 34.2 Å². The molecule has 1 amide bonds. The van der Waals surface area contributed by atoms with E-state index in [1.165, 1.54) is 6.07 Å². The molecule has 3 rings (SSSR count). The van der Waals surface area contributed by atoms with Gasteiger partial charge in [-0.15, -0.1) is 0 Å². The number of ketones is 1. The molecule has 168 valence electrons. The van der Waals surface area contributed by atoms with Crippen LogP contribution in [0, 0.1) is 11.6 Å². The Bertz CT molecular complexity index is 946. The molecule has 0 saturated heterocycles. The highest BCUT2D eigenvalue weighted by molar-refractivity contribution is 7.18. The smallest absolute Gasteiger partial charge is 0.407 e. The fraction of sp³-hybridized carbons (Fsp3) is 0.476. The number of benzene rings is 1. The Labute approximate surface area is 183 Å². The minimum atomic E-state index is -0.942. The van der Waals surface area contributed by atoms with Crippen LogP contribution in [0.4, 0.5) is 24.5 Å². The second-order valence-electron chi connectivity index (χ2n) is 8.50. The van der Waals surface area contributed by atoms with Crippen molar-refractivity contribution in [2.45, 2.75) is 64.1 Å². The van der Waals surface area contributed by atoms with Crippen LogP contribution in [0.2, 0.25) is 0 Å². The number of thiazole rings is 1. The van der Waals surface area contributed by atoms with Crippen molar-refractivity contribution in [3.05, 3.63) is 40.3 Å². The molecule has 31 heavy (non-hydrogen) atoms. The van der Waals surface area contributed by atoms with Crippen LogP contribution in [0.1, 0.15) is 61.7 Å². The van der Waals surface area contributed by atoms with E-state index in [0.717, 1.165) is 49.2 Å². The number of amides is 1. The topological polar surface area (TPSA) is 106 Å². The number of nitrogen functional groups attached to an aromatic ring is 1. The van der Waals surface area contributed by atoms with Crippen LogP contribution in [-0.4, -0.2) is 34.5 Å². The molecule has 0 atom stereocenters. The van der Waals surface area contributed by atoms with Crippen molar-refractivity contribution < 1.29 is 23.1 Å². The molecule has 1 aromatic carbocycles. The van der Waals surface area contributed by atoms with E-state index in [1.54, 1.807) is 0 Å². The first-order chi connectivity index (χ1) is 14.5. The van der Waals surface area contributed by atoms with Gasteiger partial charge in [-0.3, -0.25) is 4.79 Å². The summed E-state index contributed by atoms with van der Waals surface area (Å²) in [5, 5.41) is 6.53. The van der Waals surface area contributed by atoms with Gasteiger partial charge in [-0.05, 0) is 58.6 Å². The van der Waals surface area contributed by atoms with E-state index in [0.29, 0.717) is 5.13 Å². The third kappa shape index (κ3) is 5.90. The van der Waals surface area contributed by atoms with Crippen LogP contribution in [0.5, 0.6) is 0 Å². The molecular formula is C21H26F2N4O3S. The highest BCUT2D eigenvalue weighted by atomic mass is 32.1. The van der Waals surface area contributed by atoms with Gasteiger partial charge in [0.05, 0.1) is 5.56 Å². The molecule has 10 heteroatoms. The van der Waals surface area contributed by atoms with Gasteiger partial charge < -0.3 is 21.1 Å². The Hall–Kier alpha value is -2.75. The number of carbonyl (C=O) groups excluding carboxylic acids is 2. The number of nitrogens with two attached hydrogens (primary N) is 1. The average molecular weight is 453 g/mol. The highest BCUT2D eigenvalue weighted by Gasteiger charge is 2.27. The standard InChI is InChI=1S/C21H26F2N4O3S/c1-21(2,3)30-20(29)26-12-9-7-11(8-10-12)25-19-27-18(24)17(31-19)16(28)15-13(22)5-4-6-14(15)23/h4-6,11-12H,7-10,24H2,1-3H3,(H,25,27)(H,26,29). The fourth-order valence-electron chi connectivity index (χ4n) is 3.42. The molecule has 4 N–H and O–H groups in total. The van der Waals surface area contributed by atoms with Gasteiger partial charge in [-0.2, -0.15) is 0 Å². The number of alkyl carbamates (subject to hydrolysis) is 1. The predicted molar refractivity (Wildman–Crippen MR) is 115 cm³/mol. The van der Waals surface area contributed by atoms with E-state index in [9.17, 15) is 18.4 Å². The molecule has 1 saturated carbocycles. The molecule has 1 aromatic heterocycles. The molecule has 0 bridgehead atoms. The van der Waals surface area contributed by atoms with Crippen LogP contribution < -0.4 is 16.4 Å². The van der Waals surface area contributed by atoms with Crippen molar-refractivity contribution in [1.29, 1.82) is 0 Å². The quantitative estimate of drug-likeness (QED) is 0.578. The monoisotopic (exact) mass is 452 g/mol. The van der Waals surface area contributed by atoms with Crippen molar-refractivity contribution in [2.75, 3.05) is 11.1 Å². The number of carbonyl (C=O) groups is 2. The van der Waals surface area contributed by atoms with Gasteiger partial charge in [0.15, 0.2) is 5.13 Å². The maximum atomic E-state index is 13.9. The Kier molecular flexibility index (Phi) is 6.78. The minimum absolute atomic E-state index is 0.00761. The largest absolute Gasteiger partial charge is 0.444 e. The number of nitrogens with zero attached hydrogens (tertiary/aromatic N) is 1.